The zero-order chi connectivity index (χ0) is 14.5. The standard InChI is InChI=1S/C9H10N4.C2H4O2.C2H6/c10-6-8-5-9(12-7-11-8)13-3-1-2-4-13;1-4-2-3;1-2/h5,7H,1-4H2;2H,1H3;1-2H3. The quantitative estimate of drug-likeness (QED) is 0.757. The number of ether oxygens (including phenoxy) is 1. The lowest BCUT2D eigenvalue weighted by molar-refractivity contribution is -0.126. The largest absolute Gasteiger partial charge is 0.471 e. The van der Waals surface area contributed by atoms with Gasteiger partial charge in [-0.2, -0.15) is 5.26 Å². The lowest BCUT2D eigenvalue weighted by Gasteiger charge is -2.15. The summed E-state index contributed by atoms with van der Waals surface area (Å²) in [6.07, 6.45) is 3.88. The fourth-order valence-electron chi connectivity index (χ4n) is 1.53. The average Bonchev–Trinajstić information content (AvgIpc) is 3.04. The number of hydrogen-bond acceptors (Lipinski definition) is 6. The zero-order valence-corrected chi connectivity index (χ0v) is 11.7. The smallest absolute Gasteiger partial charge is 0.292 e. The lowest BCUT2D eigenvalue weighted by Crippen LogP contribution is -2.19. The molecule has 6 nitrogen and oxygen atoms in total. The number of carbonyl (C=O) groups excluding carboxylic acids is 1. The number of aromatic nitrogens is 2. The zero-order valence-electron chi connectivity index (χ0n) is 11.7. The molecule has 1 aliphatic rings. The first-order valence-electron chi connectivity index (χ1n) is 6.25. The van der Waals surface area contributed by atoms with Gasteiger partial charge in [-0.25, -0.2) is 9.97 Å². The third kappa shape index (κ3) is 6.36. The molecule has 6 heteroatoms. The molecular formula is C13H20N4O2. The number of anilines is 1. The Balaban J connectivity index is 0.000000467. The summed E-state index contributed by atoms with van der Waals surface area (Å²) < 4.78 is 3.86. The highest BCUT2D eigenvalue weighted by Crippen LogP contribution is 2.16. The predicted molar refractivity (Wildman–Crippen MR) is 72.6 cm³/mol. The van der Waals surface area contributed by atoms with E-state index in [2.05, 4.69) is 19.6 Å². The molecule has 1 saturated heterocycles. The molecule has 2 rings (SSSR count). The molecule has 1 fully saturated rings. The van der Waals surface area contributed by atoms with Gasteiger partial charge in [-0.3, -0.25) is 4.79 Å². The van der Waals surface area contributed by atoms with Crippen LogP contribution >= 0.6 is 0 Å². The van der Waals surface area contributed by atoms with E-state index in [9.17, 15) is 0 Å². The van der Waals surface area contributed by atoms with Crippen molar-refractivity contribution in [3.8, 4) is 6.07 Å². The Morgan fingerprint density at radius 1 is 1.37 bits per heavy atom. The number of hydrogen-bond donors (Lipinski definition) is 0. The number of rotatable bonds is 2. The SMILES string of the molecule is CC.COC=O.N#Cc1cc(N2CCCC2)ncn1. The summed E-state index contributed by atoms with van der Waals surface area (Å²) in [5, 5.41) is 8.65. The van der Waals surface area contributed by atoms with E-state index in [0.717, 1.165) is 18.9 Å². The first-order valence-corrected chi connectivity index (χ1v) is 6.25. The van der Waals surface area contributed by atoms with E-state index in [1.54, 1.807) is 6.07 Å². The molecule has 0 radical (unpaired) electrons. The second-order valence-corrected chi connectivity index (χ2v) is 3.40. The third-order valence-electron chi connectivity index (χ3n) is 2.29. The van der Waals surface area contributed by atoms with E-state index in [0.29, 0.717) is 12.2 Å². The van der Waals surface area contributed by atoms with Crippen LogP contribution in [0.2, 0.25) is 0 Å². The number of nitriles is 1. The fraction of sp³-hybridized carbons (Fsp3) is 0.538. The summed E-state index contributed by atoms with van der Waals surface area (Å²) in [5.41, 5.74) is 0.442. The fourth-order valence-corrected chi connectivity index (χ4v) is 1.53. The van der Waals surface area contributed by atoms with Crippen LogP contribution in [0.15, 0.2) is 12.4 Å². The van der Waals surface area contributed by atoms with Crippen molar-refractivity contribution >= 4 is 12.3 Å². The Hall–Kier alpha value is -2.16. The van der Waals surface area contributed by atoms with Crippen molar-refractivity contribution in [3.05, 3.63) is 18.1 Å². The Morgan fingerprint density at radius 3 is 2.42 bits per heavy atom. The maximum atomic E-state index is 8.95. The first kappa shape index (κ1) is 16.8. The highest BCUT2D eigenvalue weighted by molar-refractivity contribution is 5.42. The van der Waals surface area contributed by atoms with Gasteiger partial charge in [0.2, 0.25) is 0 Å². The van der Waals surface area contributed by atoms with Crippen LogP contribution in [-0.2, 0) is 9.53 Å². The van der Waals surface area contributed by atoms with Gasteiger partial charge >= 0.3 is 0 Å². The van der Waals surface area contributed by atoms with Crippen molar-refractivity contribution in [1.82, 2.24) is 9.97 Å². The molecule has 1 aromatic rings. The average molecular weight is 264 g/mol. The highest BCUT2D eigenvalue weighted by Gasteiger charge is 2.13. The molecule has 104 valence electrons. The minimum Gasteiger partial charge on any atom is -0.471 e. The summed E-state index contributed by atoms with van der Waals surface area (Å²) in [6.45, 7) is 6.46. The molecule has 0 unspecified atom stereocenters. The molecular weight excluding hydrogens is 244 g/mol. The topological polar surface area (TPSA) is 79.1 Å². The van der Waals surface area contributed by atoms with E-state index in [1.165, 1.54) is 26.3 Å². The molecule has 0 spiro atoms. The summed E-state index contributed by atoms with van der Waals surface area (Å²) in [4.78, 5) is 19.1. The van der Waals surface area contributed by atoms with E-state index < -0.39 is 0 Å². The molecule has 1 aliphatic heterocycles. The maximum Gasteiger partial charge on any atom is 0.292 e. The second-order valence-electron chi connectivity index (χ2n) is 3.40. The van der Waals surface area contributed by atoms with Crippen LogP contribution in [-0.4, -0.2) is 36.6 Å². The van der Waals surface area contributed by atoms with Crippen LogP contribution in [0, 0.1) is 11.3 Å². The minimum atomic E-state index is 0.375. The van der Waals surface area contributed by atoms with Gasteiger partial charge in [-0.05, 0) is 12.8 Å². The maximum absolute atomic E-state index is 8.95. The van der Waals surface area contributed by atoms with Gasteiger partial charge in [0.05, 0.1) is 7.11 Å². The van der Waals surface area contributed by atoms with E-state index in [4.69, 9.17) is 10.1 Å². The van der Waals surface area contributed by atoms with Crippen LogP contribution in [0.3, 0.4) is 0 Å². The molecule has 19 heavy (non-hydrogen) atoms. The van der Waals surface area contributed by atoms with E-state index >= 15 is 0 Å². The van der Waals surface area contributed by atoms with Gasteiger partial charge in [-0.1, -0.05) is 13.8 Å². The molecule has 0 aromatic carbocycles. The van der Waals surface area contributed by atoms with Crippen LogP contribution in [0.1, 0.15) is 32.4 Å². The molecule has 0 aliphatic carbocycles. The number of nitrogens with zero attached hydrogens (tertiary/aromatic N) is 4. The van der Waals surface area contributed by atoms with Crippen molar-refractivity contribution in [3.63, 3.8) is 0 Å². The molecule has 1 aromatic heterocycles. The Bertz CT molecular complexity index is 398. The molecule has 2 heterocycles. The molecule has 0 amide bonds. The van der Waals surface area contributed by atoms with Crippen LogP contribution in [0.25, 0.3) is 0 Å². The molecule has 0 atom stereocenters. The van der Waals surface area contributed by atoms with Crippen molar-refractivity contribution < 1.29 is 9.53 Å². The number of methoxy groups -OCH3 is 1. The molecule has 0 bridgehead atoms. The van der Waals surface area contributed by atoms with E-state index in [-0.39, 0.29) is 0 Å². The van der Waals surface area contributed by atoms with Crippen molar-refractivity contribution in [2.75, 3.05) is 25.1 Å². The van der Waals surface area contributed by atoms with Gasteiger partial charge in [0, 0.05) is 19.2 Å². The Kier molecular flexibility index (Phi) is 9.71. The van der Waals surface area contributed by atoms with Gasteiger partial charge in [-0.15, -0.1) is 0 Å². The van der Waals surface area contributed by atoms with Gasteiger partial charge in [0.25, 0.3) is 6.47 Å². The lowest BCUT2D eigenvalue weighted by atomic mass is 10.4. The number of carbonyl (C=O) groups is 1. The summed E-state index contributed by atoms with van der Waals surface area (Å²) in [7, 11) is 1.31. The first-order chi connectivity index (χ1) is 9.31. The summed E-state index contributed by atoms with van der Waals surface area (Å²) >= 11 is 0. The Labute approximate surface area is 114 Å². The highest BCUT2D eigenvalue weighted by atomic mass is 16.5. The normalized spacial score (nSPS) is 12.2. The van der Waals surface area contributed by atoms with Crippen molar-refractivity contribution in [1.29, 1.82) is 5.26 Å². The third-order valence-corrected chi connectivity index (χ3v) is 2.29. The molecule has 0 N–H and O–H groups in total. The van der Waals surface area contributed by atoms with Gasteiger partial charge in [0.15, 0.2) is 0 Å². The summed E-state index contributed by atoms with van der Waals surface area (Å²) in [5.74, 6) is 0.879. The predicted octanol–water partition coefficient (Wildman–Crippen LogP) is 1.76. The van der Waals surface area contributed by atoms with Crippen LogP contribution in [0.4, 0.5) is 5.82 Å². The van der Waals surface area contributed by atoms with Crippen molar-refractivity contribution in [2.24, 2.45) is 0 Å². The van der Waals surface area contributed by atoms with Gasteiger partial charge < -0.3 is 9.64 Å². The molecule has 0 saturated carbocycles. The van der Waals surface area contributed by atoms with Crippen molar-refractivity contribution in [2.45, 2.75) is 26.7 Å². The minimum absolute atomic E-state index is 0.375. The second kappa shape index (κ2) is 11.0. The van der Waals surface area contributed by atoms with Crippen LogP contribution in [0.5, 0.6) is 0 Å². The van der Waals surface area contributed by atoms with Gasteiger partial charge in [0.1, 0.15) is 23.9 Å². The summed E-state index contributed by atoms with van der Waals surface area (Å²) in [6, 6.07) is 3.75. The van der Waals surface area contributed by atoms with Crippen LogP contribution < -0.4 is 4.90 Å². The Morgan fingerprint density at radius 2 is 1.95 bits per heavy atom. The monoisotopic (exact) mass is 264 g/mol. The van der Waals surface area contributed by atoms with E-state index in [1.807, 2.05) is 19.9 Å².